The molecule has 0 rings (SSSR count). The van der Waals surface area contributed by atoms with Gasteiger partial charge >= 0.3 is 12.1 Å². The van der Waals surface area contributed by atoms with E-state index in [2.05, 4.69) is 11.3 Å². The zero-order valence-corrected chi connectivity index (χ0v) is 9.51. The molecule has 0 saturated heterocycles. The molecular formula is C10H17NO5. The highest BCUT2D eigenvalue weighted by Gasteiger charge is 2.28. The van der Waals surface area contributed by atoms with Gasteiger partial charge in [0, 0.05) is 6.54 Å². The third kappa shape index (κ3) is 4.31. The van der Waals surface area contributed by atoms with Crippen molar-refractivity contribution in [2.75, 3.05) is 20.3 Å². The Morgan fingerprint density at radius 3 is 2.62 bits per heavy atom. The highest BCUT2D eigenvalue weighted by molar-refractivity contribution is 5.79. The van der Waals surface area contributed by atoms with Crippen LogP contribution in [-0.4, -0.2) is 48.6 Å². The van der Waals surface area contributed by atoms with E-state index in [1.54, 1.807) is 13.0 Å². The molecule has 0 aliphatic rings. The number of hydrogen-bond acceptors (Lipinski definition) is 5. The monoisotopic (exact) mass is 231 g/mol. The minimum absolute atomic E-state index is 0.137. The van der Waals surface area contributed by atoms with Crippen LogP contribution in [0.1, 0.15) is 13.3 Å². The van der Waals surface area contributed by atoms with Gasteiger partial charge in [-0.1, -0.05) is 6.08 Å². The molecule has 1 N–H and O–H groups in total. The van der Waals surface area contributed by atoms with Crippen LogP contribution in [0.4, 0.5) is 4.79 Å². The van der Waals surface area contributed by atoms with Crippen LogP contribution in [0.25, 0.3) is 0 Å². The molecule has 92 valence electrons. The number of rotatable bonds is 6. The predicted molar refractivity (Wildman–Crippen MR) is 56.6 cm³/mol. The number of methoxy groups -OCH3 is 1. The van der Waals surface area contributed by atoms with Gasteiger partial charge < -0.3 is 14.6 Å². The molecule has 0 aliphatic carbocycles. The van der Waals surface area contributed by atoms with Crippen molar-refractivity contribution in [3.8, 4) is 0 Å². The number of hydrogen-bond donors (Lipinski definition) is 1. The van der Waals surface area contributed by atoms with Crippen molar-refractivity contribution in [2.24, 2.45) is 0 Å². The standard InChI is InChI=1S/C10H17NO5/c1-4-6-7-11(10(14)16-5-2)8(12)9(13)15-3/h4,8,12H,1,5-7H2,2-3H3. The largest absolute Gasteiger partial charge is 0.466 e. The Kier molecular flexibility index (Phi) is 6.95. The van der Waals surface area contributed by atoms with E-state index in [4.69, 9.17) is 4.74 Å². The van der Waals surface area contributed by atoms with Crippen molar-refractivity contribution in [2.45, 2.75) is 19.6 Å². The number of aliphatic hydroxyl groups excluding tert-OH is 1. The highest BCUT2D eigenvalue weighted by Crippen LogP contribution is 2.04. The Bertz CT molecular complexity index is 254. The average Bonchev–Trinajstić information content (AvgIpc) is 2.28. The number of carbonyl (C=O) groups is 2. The van der Waals surface area contributed by atoms with Crippen LogP contribution in [0.2, 0.25) is 0 Å². The number of ether oxygens (including phenoxy) is 2. The van der Waals surface area contributed by atoms with Crippen LogP contribution in [0, 0.1) is 0 Å². The van der Waals surface area contributed by atoms with E-state index in [1.165, 1.54) is 0 Å². The van der Waals surface area contributed by atoms with E-state index in [0.717, 1.165) is 12.0 Å². The molecular weight excluding hydrogens is 214 g/mol. The predicted octanol–water partition coefficient (Wildman–Crippen LogP) is 0.512. The Hall–Kier alpha value is -1.56. The van der Waals surface area contributed by atoms with Gasteiger partial charge in [-0.25, -0.2) is 9.59 Å². The van der Waals surface area contributed by atoms with Crippen LogP contribution in [0.15, 0.2) is 12.7 Å². The Balaban J connectivity index is 4.57. The van der Waals surface area contributed by atoms with Gasteiger partial charge in [0.05, 0.1) is 13.7 Å². The zero-order valence-electron chi connectivity index (χ0n) is 9.51. The van der Waals surface area contributed by atoms with Gasteiger partial charge in [0.25, 0.3) is 0 Å². The molecule has 6 heteroatoms. The van der Waals surface area contributed by atoms with Crippen LogP contribution in [-0.2, 0) is 14.3 Å². The first-order valence-corrected chi connectivity index (χ1v) is 4.88. The van der Waals surface area contributed by atoms with E-state index < -0.39 is 18.3 Å². The first-order valence-electron chi connectivity index (χ1n) is 4.88. The lowest BCUT2D eigenvalue weighted by Gasteiger charge is -2.24. The number of esters is 1. The molecule has 0 radical (unpaired) electrons. The van der Waals surface area contributed by atoms with E-state index >= 15 is 0 Å². The van der Waals surface area contributed by atoms with Crippen molar-refractivity contribution >= 4 is 12.1 Å². The number of nitrogens with zero attached hydrogens (tertiary/aromatic N) is 1. The second-order valence-electron chi connectivity index (χ2n) is 2.87. The molecule has 1 atom stereocenters. The topological polar surface area (TPSA) is 76.1 Å². The molecule has 0 saturated carbocycles. The summed E-state index contributed by atoms with van der Waals surface area (Å²) in [5.74, 6) is -0.905. The summed E-state index contributed by atoms with van der Waals surface area (Å²) >= 11 is 0. The minimum atomic E-state index is -1.65. The molecule has 0 aromatic carbocycles. The van der Waals surface area contributed by atoms with Crippen LogP contribution in [0.3, 0.4) is 0 Å². The third-order valence-electron chi connectivity index (χ3n) is 1.78. The Morgan fingerprint density at radius 1 is 1.56 bits per heavy atom. The molecule has 0 spiro atoms. The SMILES string of the molecule is C=CCCN(C(=O)OCC)C(O)C(=O)OC. The maximum atomic E-state index is 11.4. The molecule has 0 heterocycles. The summed E-state index contributed by atoms with van der Waals surface area (Å²) in [7, 11) is 1.13. The Labute approximate surface area is 94.4 Å². The molecule has 0 aliphatic heterocycles. The fraction of sp³-hybridized carbons (Fsp3) is 0.600. The highest BCUT2D eigenvalue weighted by atomic mass is 16.6. The van der Waals surface area contributed by atoms with Crippen molar-refractivity contribution in [1.82, 2.24) is 4.90 Å². The van der Waals surface area contributed by atoms with Gasteiger partial charge in [0.2, 0.25) is 6.23 Å². The van der Waals surface area contributed by atoms with Gasteiger partial charge in [-0.05, 0) is 13.3 Å². The maximum absolute atomic E-state index is 11.4. The summed E-state index contributed by atoms with van der Waals surface area (Å²) in [5, 5.41) is 9.52. The molecule has 16 heavy (non-hydrogen) atoms. The van der Waals surface area contributed by atoms with Gasteiger partial charge in [-0.15, -0.1) is 6.58 Å². The van der Waals surface area contributed by atoms with E-state index in [9.17, 15) is 14.7 Å². The molecule has 1 unspecified atom stereocenters. The second-order valence-corrected chi connectivity index (χ2v) is 2.87. The van der Waals surface area contributed by atoms with Crippen LogP contribution < -0.4 is 0 Å². The number of carbonyl (C=O) groups excluding carboxylic acids is 2. The van der Waals surface area contributed by atoms with E-state index in [1.807, 2.05) is 0 Å². The Morgan fingerprint density at radius 2 is 2.19 bits per heavy atom. The summed E-state index contributed by atoms with van der Waals surface area (Å²) < 4.78 is 9.04. The summed E-state index contributed by atoms with van der Waals surface area (Å²) in [6.07, 6.45) is -0.408. The summed E-state index contributed by atoms with van der Waals surface area (Å²) in [6.45, 7) is 5.42. The molecule has 1 amide bonds. The normalized spacial score (nSPS) is 11.4. The van der Waals surface area contributed by atoms with Crippen LogP contribution >= 0.6 is 0 Å². The lowest BCUT2D eigenvalue weighted by molar-refractivity contribution is -0.159. The molecule has 0 bridgehead atoms. The van der Waals surface area contributed by atoms with E-state index in [0.29, 0.717) is 6.42 Å². The molecule has 0 aromatic heterocycles. The molecule has 0 fully saturated rings. The first kappa shape index (κ1) is 14.4. The second kappa shape index (κ2) is 7.70. The summed E-state index contributed by atoms with van der Waals surface area (Å²) in [4.78, 5) is 23.4. The van der Waals surface area contributed by atoms with Crippen molar-refractivity contribution in [3.05, 3.63) is 12.7 Å². The van der Waals surface area contributed by atoms with Crippen LogP contribution in [0.5, 0.6) is 0 Å². The van der Waals surface area contributed by atoms with Crippen molar-refractivity contribution in [1.29, 1.82) is 0 Å². The van der Waals surface area contributed by atoms with Gasteiger partial charge in [-0.2, -0.15) is 0 Å². The first-order chi connectivity index (χ1) is 7.58. The fourth-order valence-electron chi connectivity index (χ4n) is 0.983. The quantitative estimate of drug-likeness (QED) is 0.409. The smallest absolute Gasteiger partial charge is 0.412 e. The number of aliphatic hydroxyl groups is 1. The van der Waals surface area contributed by atoms with Crippen molar-refractivity contribution < 1.29 is 24.2 Å². The lowest BCUT2D eigenvalue weighted by Crippen LogP contribution is -2.46. The minimum Gasteiger partial charge on any atom is -0.466 e. The number of amides is 1. The molecule has 0 aromatic rings. The third-order valence-corrected chi connectivity index (χ3v) is 1.78. The van der Waals surface area contributed by atoms with Crippen molar-refractivity contribution in [3.63, 3.8) is 0 Å². The zero-order chi connectivity index (χ0) is 12.6. The van der Waals surface area contributed by atoms with E-state index in [-0.39, 0.29) is 13.2 Å². The average molecular weight is 231 g/mol. The fourth-order valence-corrected chi connectivity index (χ4v) is 0.983. The van der Waals surface area contributed by atoms with Gasteiger partial charge in [0.1, 0.15) is 0 Å². The molecule has 6 nitrogen and oxygen atoms in total. The maximum Gasteiger partial charge on any atom is 0.412 e. The summed E-state index contributed by atoms with van der Waals surface area (Å²) in [5.41, 5.74) is 0. The van der Waals surface area contributed by atoms with Gasteiger partial charge in [-0.3, -0.25) is 4.90 Å². The van der Waals surface area contributed by atoms with Gasteiger partial charge in [0.15, 0.2) is 0 Å². The summed E-state index contributed by atoms with van der Waals surface area (Å²) in [6, 6.07) is 0. The lowest BCUT2D eigenvalue weighted by atomic mass is 10.3.